The Bertz CT molecular complexity index is 538. The van der Waals surface area contributed by atoms with Gasteiger partial charge in [0, 0.05) is 21.7 Å². The summed E-state index contributed by atoms with van der Waals surface area (Å²) in [6, 6.07) is 7.10. The fourth-order valence-corrected chi connectivity index (χ4v) is 2.47. The van der Waals surface area contributed by atoms with Gasteiger partial charge in [-0.05, 0) is 23.6 Å². The fourth-order valence-electron chi connectivity index (χ4n) is 1.32. The van der Waals surface area contributed by atoms with Gasteiger partial charge in [-0.2, -0.15) is 0 Å². The van der Waals surface area contributed by atoms with Crippen LogP contribution in [0.15, 0.2) is 34.6 Å². The predicted octanol–water partition coefficient (Wildman–Crippen LogP) is 4.38. The lowest BCUT2D eigenvalue weighted by Gasteiger charge is -2.01. The van der Waals surface area contributed by atoms with Gasteiger partial charge in [0.2, 0.25) is 0 Å². The van der Waals surface area contributed by atoms with Crippen molar-refractivity contribution in [1.29, 1.82) is 0 Å². The lowest BCUT2D eigenvalue weighted by molar-refractivity contribution is 0.474. The third-order valence-corrected chi connectivity index (χ3v) is 3.48. The molecule has 2 rings (SSSR count). The summed E-state index contributed by atoms with van der Waals surface area (Å²) >= 11 is 13.3. The van der Waals surface area contributed by atoms with Crippen molar-refractivity contribution in [3.05, 3.63) is 50.1 Å². The van der Waals surface area contributed by atoms with Crippen LogP contribution in [-0.4, -0.2) is 11.3 Å². The van der Waals surface area contributed by atoms with Gasteiger partial charge in [-0.1, -0.05) is 29.3 Å². The molecule has 0 saturated heterocycles. The molecule has 0 bridgehead atoms. The normalized spacial score (nSPS) is 11.2. The molecule has 5 heteroatoms. The summed E-state index contributed by atoms with van der Waals surface area (Å²) in [5, 5.41) is 12.4. The average Bonchev–Trinajstić information content (AvgIpc) is 2.78. The molecule has 0 unspecified atom stereocenters. The SMILES string of the molecule is Oc1c(Cl)cc(Cl)cc1C=NCc1cccs1. The Kier molecular flexibility index (Phi) is 4.05. The maximum absolute atomic E-state index is 9.70. The van der Waals surface area contributed by atoms with E-state index in [4.69, 9.17) is 23.2 Å². The predicted molar refractivity (Wildman–Crippen MR) is 73.7 cm³/mol. The number of phenolic OH excluding ortho intramolecular Hbond substituents is 1. The smallest absolute Gasteiger partial charge is 0.143 e. The van der Waals surface area contributed by atoms with Crippen LogP contribution in [0.5, 0.6) is 5.75 Å². The third-order valence-electron chi connectivity index (χ3n) is 2.12. The van der Waals surface area contributed by atoms with Gasteiger partial charge in [-0.25, -0.2) is 0 Å². The van der Waals surface area contributed by atoms with E-state index in [2.05, 4.69) is 4.99 Å². The van der Waals surface area contributed by atoms with E-state index in [9.17, 15) is 5.11 Å². The monoisotopic (exact) mass is 285 g/mol. The molecule has 0 spiro atoms. The largest absolute Gasteiger partial charge is 0.506 e. The lowest BCUT2D eigenvalue weighted by atomic mass is 10.2. The molecule has 1 aromatic heterocycles. The van der Waals surface area contributed by atoms with E-state index in [0.29, 0.717) is 17.1 Å². The molecule has 1 heterocycles. The first-order valence-corrected chi connectivity index (χ1v) is 6.50. The standard InChI is InChI=1S/C12H9Cl2NOS/c13-9-4-8(12(16)11(14)5-9)6-15-7-10-2-1-3-17-10/h1-6,16H,7H2. The molecule has 0 fully saturated rings. The first kappa shape index (κ1) is 12.4. The Morgan fingerprint density at radius 1 is 1.35 bits per heavy atom. The number of thiophene rings is 1. The second kappa shape index (κ2) is 5.54. The maximum Gasteiger partial charge on any atom is 0.143 e. The van der Waals surface area contributed by atoms with Crippen LogP contribution in [0.1, 0.15) is 10.4 Å². The number of nitrogens with zero attached hydrogens (tertiary/aromatic N) is 1. The minimum atomic E-state index is 0.00555. The first-order valence-electron chi connectivity index (χ1n) is 4.87. The molecule has 0 aliphatic heterocycles. The number of halogens is 2. The highest BCUT2D eigenvalue weighted by molar-refractivity contribution is 7.09. The molecule has 0 atom stereocenters. The molecule has 2 aromatic rings. The molecular weight excluding hydrogens is 277 g/mol. The van der Waals surface area contributed by atoms with Crippen molar-refractivity contribution < 1.29 is 5.11 Å². The van der Waals surface area contributed by atoms with Gasteiger partial charge in [0.25, 0.3) is 0 Å². The maximum atomic E-state index is 9.70. The number of hydrogen-bond donors (Lipinski definition) is 1. The van der Waals surface area contributed by atoms with Crippen molar-refractivity contribution in [3.63, 3.8) is 0 Å². The highest BCUT2D eigenvalue weighted by Crippen LogP contribution is 2.30. The van der Waals surface area contributed by atoms with Crippen molar-refractivity contribution in [1.82, 2.24) is 0 Å². The van der Waals surface area contributed by atoms with Crippen molar-refractivity contribution in [2.24, 2.45) is 4.99 Å². The van der Waals surface area contributed by atoms with Gasteiger partial charge < -0.3 is 5.11 Å². The molecule has 0 aliphatic rings. The van der Waals surface area contributed by atoms with Gasteiger partial charge >= 0.3 is 0 Å². The van der Waals surface area contributed by atoms with Crippen LogP contribution in [0, 0.1) is 0 Å². The lowest BCUT2D eigenvalue weighted by Crippen LogP contribution is -1.85. The Labute approximate surface area is 113 Å². The fraction of sp³-hybridized carbons (Fsp3) is 0.0833. The molecule has 1 N–H and O–H groups in total. The molecule has 0 saturated carbocycles. The molecule has 1 aromatic carbocycles. The highest BCUT2D eigenvalue weighted by Gasteiger charge is 2.05. The summed E-state index contributed by atoms with van der Waals surface area (Å²) in [6.45, 7) is 0.585. The topological polar surface area (TPSA) is 32.6 Å². The summed E-state index contributed by atoms with van der Waals surface area (Å²) in [4.78, 5) is 5.40. The molecule has 2 nitrogen and oxygen atoms in total. The van der Waals surface area contributed by atoms with E-state index in [1.165, 1.54) is 6.07 Å². The molecule has 17 heavy (non-hydrogen) atoms. The minimum absolute atomic E-state index is 0.00555. The second-order valence-corrected chi connectivity index (χ2v) is 5.25. The van der Waals surface area contributed by atoms with Crippen LogP contribution in [0.3, 0.4) is 0 Å². The molecule has 0 aliphatic carbocycles. The molecule has 0 radical (unpaired) electrons. The van der Waals surface area contributed by atoms with Gasteiger partial charge in [0.1, 0.15) is 5.75 Å². The van der Waals surface area contributed by atoms with Crippen LogP contribution in [0.25, 0.3) is 0 Å². The Morgan fingerprint density at radius 2 is 2.18 bits per heavy atom. The average molecular weight is 286 g/mol. The highest BCUT2D eigenvalue weighted by atomic mass is 35.5. The molecular formula is C12H9Cl2NOS. The van der Waals surface area contributed by atoms with Gasteiger partial charge in [-0.3, -0.25) is 4.99 Å². The van der Waals surface area contributed by atoms with E-state index >= 15 is 0 Å². The van der Waals surface area contributed by atoms with Crippen LogP contribution in [0.2, 0.25) is 10.0 Å². The quantitative estimate of drug-likeness (QED) is 0.834. The zero-order chi connectivity index (χ0) is 12.3. The number of aromatic hydroxyl groups is 1. The van der Waals surface area contributed by atoms with Crippen LogP contribution in [-0.2, 0) is 6.54 Å². The van der Waals surface area contributed by atoms with Crippen LogP contribution in [0.4, 0.5) is 0 Å². The second-order valence-electron chi connectivity index (χ2n) is 3.37. The van der Waals surface area contributed by atoms with Crippen molar-refractivity contribution in [2.45, 2.75) is 6.54 Å². The van der Waals surface area contributed by atoms with Crippen molar-refractivity contribution in [3.8, 4) is 5.75 Å². The summed E-state index contributed by atoms with van der Waals surface area (Å²) in [5.41, 5.74) is 0.527. The van der Waals surface area contributed by atoms with E-state index in [-0.39, 0.29) is 10.8 Å². The first-order chi connectivity index (χ1) is 8.16. The van der Waals surface area contributed by atoms with Gasteiger partial charge in [0.05, 0.1) is 11.6 Å². The summed E-state index contributed by atoms with van der Waals surface area (Å²) < 4.78 is 0. The van der Waals surface area contributed by atoms with E-state index in [0.717, 1.165) is 4.88 Å². The van der Waals surface area contributed by atoms with Crippen molar-refractivity contribution in [2.75, 3.05) is 0 Å². The number of rotatable bonds is 3. The van der Waals surface area contributed by atoms with Crippen LogP contribution < -0.4 is 0 Å². The summed E-state index contributed by atoms with van der Waals surface area (Å²) in [7, 11) is 0. The van der Waals surface area contributed by atoms with E-state index in [1.54, 1.807) is 23.6 Å². The van der Waals surface area contributed by atoms with Crippen LogP contribution >= 0.6 is 34.5 Å². The summed E-state index contributed by atoms with van der Waals surface area (Å²) in [6.07, 6.45) is 1.58. The number of benzene rings is 1. The zero-order valence-electron chi connectivity index (χ0n) is 8.73. The number of aliphatic imine (C=N–C) groups is 1. The number of phenols is 1. The molecule has 0 amide bonds. The zero-order valence-corrected chi connectivity index (χ0v) is 11.1. The van der Waals surface area contributed by atoms with E-state index < -0.39 is 0 Å². The third kappa shape index (κ3) is 3.22. The van der Waals surface area contributed by atoms with Gasteiger partial charge in [0.15, 0.2) is 0 Å². The Balaban J connectivity index is 2.15. The van der Waals surface area contributed by atoms with E-state index in [1.807, 2.05) is 17.5 Å². The summed E-state index contributed by atoms with van der Waals surface area (Å²) in [5.74, 6) is 0.00555. The van der Waals surface area contributed by atoms with Crippen molar-refractivity contribution >= 4 is 40.8 Å². The van der Waals surface area contributed by atoms with Gasteiger partial charge in [-0.15, -0.1) is 11.3 Å². The Hall–Kier alpha value is -1.03. The Morgan fingerprint density at radius 3 is 2.88 bits per heavy atom. The molecule has 88 valence electrons. The number of hydrogen-bond acceptors (Lipinski definition) is 3. The minimum Gasteiger partial charge on any atom is -0.506 e.